The lowest BCUT2D eigenvalue weighted by molar-refractivity contribution is -0.385. The summed E-state index contributed by atoms with van der Waals surface area (Å²) in [6, 6.07) is 2.49. The largest absolute Gasteiger partial charge is 0.506 e. The Bertz CT molecular complexity index is 430. The SMILES string of the molecule is O=[N+]([O-])c1ccc(Cl)c(O)c1[C@@H]1CCCN1. The molecule has 6 heteroatoms. The summed E-state index contributed by atoms with van der Waals surface area (Å²) < 4.78 is 0. The van der Waals surface area contributed by atoms with Gasteiger partial charge in [0.05, 0.1) is 15.5 Å². The van der Waals surface area contributed by atoms with Crippen LogP contribution in [0.5, 0.6) is 5.75 Å². The molecule has 0 bridgehead atoms. The fourth-order valence-corrected chi connectivity index (χ4v) is 2.17. The Balaban J connectivity index is 2.53. The molecule has 5 nitrogen and oxygen atoms in total. The zero-order valence-corrected chi connectivity index (χ0v) is 9.20. The number of hydrogen-bond acceptors (Lipinski definition) is 4. The Hall–Kier alpha value is -1.33. The quantitative estimate of drug-likeness (QED) is 0.617. The fourth-order valence-electron chi connectivity index (χ4n) is 2.00. The number of rotatable bonds is 2. The molecule has 1 atom stereocenters. The second kappa shape index (κ2) is 4.27. The van der Waals surface area contributed by atoms with Crippen LogP contribution in [0.1, 0.15) is 24.4 Å². The highest BCUT2D eigenvalue weighted by molar-refractivity contribution is 6.32. The summed E-state index contributed by atoms with van der Waals surface area (Å²) in [4.78, 5) is 10.4. The van der Waals surface area contributed by atoms with Gasteiger partial charge in [0.1, 0.15) is 5.75 Å². The van der Waals surface area contributed by atoms with Crippen molar-refractivity contribution < 1.29 is 10.0 Å². The molecule has 16 heavy (non-hydrogen) atoms. The molecule has 86 valence electrons. The van der Waals surface area contributed by atoms with Gasteiger partial charge < -0.3 is 10.4 Å². The Kier molecular flexibility index (Phi) is 2.98. The first kappa shape index (κ1) is 11.2. The number of hydrogen-bond donors (Lipinski definition) is 2. The van der Waals surface area contributed by atoms with E-state index in [1.807, 2.05) is 0 Å². The lowest BCUT2D eigenvalue weighted by atomic mass is 10.0. The maximum absolute atomic E-state index is 10.9. The average molecular weight is 243 g/mol. The van der Waals surface area contributed by atoms with Gasteiger partial charge >= 0.3 is 0 Å². The number of nitrogens with one attached hydrogen (secondary N) is 1. The summed E-state index contributed by atoms with van der Waals surface area (Å²) in [5, 5.41) is 23.9. The maximum Gasteiger partial charge on any atom is 0.278 e. The van der Waals surface area contributed by atoms with E-state index in [2.05, 4.69) is 5.32 Å². The van der Waals surface area contributed by atoms with Crippen molar-refractivity contribution in [2.75, 3.05) is 6.54 Å². The van der Waals surface area contributed by atoms with Crippen molar-refractivity contribution in [2.45, 2.75) is 18.9 Å². The van der Waals surface area contributed by atoms with Gasteiger partial charge in [0.25, 0.3) is 5.69 Å². The molecule has 0 aliphatic carbocycles. The number of aromatic hydroxyl groups is 1. The van der Waals surface area contributed by atoms with E-state index in [0.717, 1.165) is 19.4 Å². The van der Waals surface area contributed by atoms with E-state index >= 15 is 0 Å². The summed E-state index contributed by atoms with van der Waals surface area (Å²) in [5.41, 5.74) is 0.219. The summed E-state index contributed by atoms with van der Waals surface area (Å²) in [6.07, 6.45) is 1.71. The van der Waals surface area contributed by atoms with Crippen molar-refractivity contribution in [1.82, 2.24) is 5.32 Å². The summed E-state index contributed by atoms with van der Waals surface area (Å²) in [6.45, 7) is 0.799. The van der Waals surface area contributed by atoms with Crippen LogP contribution in [0.25, 0.3) is 0 Å². The molecule has 0 spiro atoms. The van der Waals surface area contributed by atoms with Gasteiger partial charge in [0.15, 0.2) is 0 Å². The van der Waals surface area contributed by atoms with Crippen molar-refractivity contribution in [3.05, 3.63) is 32.8 Å². The van der Waals surface area contributed by atoms with E-state index < -0.39 is 4.92 Å². The van der Waals surface area contributed by atoms with E-state index in [0.29, 0.717) is 5.56 Å². The van der Waals surface area contributed by atoms with E-state index in [1.54, 1.807) is 0 Å². The van der Waals surface area contributed by atoms with Crippen LogP contribution in [0.2, 0.25) is 5.02 Å². The molecule has 0 saturated carbocycles. The number of nitrogens with zero attached hydrogens (tertiary/aromatic N) is 1. The molecule has 0 unspecified atom stereocenters. The zero-order chi connectivity index (χ0) is 11.7. The minimum atomic E-state index is -0.495. The van der Waals surface area contributed by atoms with Crippen LogP contribution >= 0.6 is 11.6 Å². The van der Waals surface area contributed by atoms with E-state index in [-0.39, 0.29) is 22.5 Å². The highest BCUT2D eigenvalue weighted by Crippen LogP contribution is 2.41. The molecule has 2 rings (SSSR count). The zero-order valence-electron chi connectivity index (χ0n) is 8.44. The van der Waals surface area contributed by atoms with Crippen LogP contribution in [-0.2, 0) is 0 Å². The monoisotopic (exact) mass is 242 g/mol. The third-order valence-corrected chi connectivity index (χ3v) is 3.06. The Labute approximate surface area is 97.2 Å². The van der Waals surface area contributed by atoms with E-state index in [4.69, 9.17) is 11.6 Å². The standard InChI is InChI=1S/C10H11ClN2O3/c11-6-3-4-8(13(15)16)9(10(6)14)7-2-1-5-12-7/h3-4,7,12,14H,1-2,5H2/t7-/m0/s1. The van der Waals surface area contributed by atoms with Gasteiger partial charge in [-0.3, -0.25) is 10.1 Å². The highest BCUT2D eigenvalue weighted by Gasteiger charge is 2.29. The van der Waals surface area contributed by atoms with Crippen molar-refractivity contribution >= 4 is 17.3 Å². The molecule has 1 saturated heterocycles. The first-order valence-electron chi connectivity index (χ1n) is 5.00. The molecule has 1 heterocycles. The van der Waals surface area contributed by atoms with Crippen LogP contribution in [0.3, 0.4) is 0 Å². The average Bonchev–Trinajstić information content (AvgIpc) is 2.74. The Morgan fingerprint density at radius 3 is 2.88 bits per heavy atom. The molecule has 1 aromatic rings. The van der Waals surface area contributed by atoms with Crippen molar-refractivity contribution in [3.8, 4) is 5.75 Å². The van der Waals surface area contributed by atoms with Crippen LogP contribution in [0, 0.1) is 10.1 Å². The summed E-state index contributed by atoms with van der Waals surface area (Å²) in [7, 11) is 0. The van der Waals surface area contributed by atoms with E-state index in [1.165, 1.54) is 12.1 Å². The normalized spacial score (nSPS) is 19.9. The summed E-state index contributed by atoms with van der Waals surface area (Å²) in [5.74, 6) is -0.185. The van der Waals surface area contributed by atoms with Crippen LogP contribution < -0.4 is 5.32 Å². The molecular weight excluding hydrogens is 232 g/mol. The van der Waals surface area contributed by atoms with Gasteiger partial charge in [0, 0.05) is 12.1 Å². The molecule has 1 fully saturated rings. The smallest absolute Gasteiger partial charge is 0.278 e. The minimum absolute atomic E-state index is 0.0821. The summed E-state index contributed by atoms with van der Waals surface area (Å²) >= 11 is 5.77. The van der Waals surface area contributed by atoms with Crippen LogP contribution in [-0.4, -0.2) is 16.6 Å². The third kappa shape index (κ3) is 1.83. The predicted octanol–water partition coefficient (Wildman–Crippen LogP) is 2.38. The lowest BCUT2D eigenvalue weighted by Gasteiger charge is -2.13. The van der Waals surface area contributed by atoms with Gasteiger partial charge in [-0.1, -0.05) is 11.6 Å². The van der Waals surface area contributed by atoms with Gasteiger partial charge in [-0.05, 0) is 25.5 Å². The number of nitro benzene ring substituents is 1. The fraction of sp³-hybridized carbons (Fsp3) is 0.400. The molecule has 1 aliphatic rings. The van der Waals surface area contributed by atoms with Crippen LogP contribution in [0.4, 0.5) is 5.69 Å². The van der Waals surface area contributed by atoms with Crippen molar-refractivity contribution in [2.24, 2.45) is 0 Å². The minimum Gasteiger partial charge on any atom is -0.506 e. The third-order valence-electron chi connectivity index (χ3n) is 2.75. The van der Waals surface area contributed by atoms with Crippen LogP contribution in [0.15, 0.2) is 12.1 Å². The molecule has 1 aliphatic heterocycles. The second-order valence-electron chi connectivity index (χ2n) is 3.73. The molecular formula is C10H11ClN2O3. The molecule has 0 aromatic heterocycles. The molecule has 0 amide bonds. The van der Waals surface area contributed by atoms with Gasteiger partial charge in [-0.25, -0.2) is 0 Å². The predicted molar refractivity (Wildman–Crippen MR) is 59.7 cm³/mol. The topological polar surface area (TPSA) is 75.4 Å². The second-order valence-corrected chi connectivity index (χ2v) is 4.14. The van der Waals surface area contributed by atoms with Gasteiger partial charge in [-0.15, -0.1) is 0 Å². The Morgan fingerprint density at radius 1 is 1.56 bits per heavy atom. The Morgan fingerprint density at radius 2 is 2.31 bits per heavy atom. The van der Waals surface area contributed by atoms with Gasteiger partial charge in [-0.2, -0.15) is 0 Å². The van der Waals surface area contributed by atoms with Crippen molar-refractivity contribution in [1.29, 1.82) is 0 Å². The highest BCUT2D eigenvalue weighted by atomic mass is 35.5. The number of phenolic OH excluding ortho intramolecular Hbond substituents is 1. The molecule has 0 radical (unpaired) electrons. The number of halogens is 1. The van der Waals surface area contributed by atoms with Crippen molar-refractivity contribution in [3.63, 3.8) is 0 Å². The van der Waals surface area contributed by atoms with Gasteiger partial charge in [0.2, 0.25) is 0 Å². The first-order valence-corrected chi connectivity index (χ1v) is 5.38. The first-order chi connectivity index (χ1) is 7.61. The molecule has 2 N–H and O–H groups in total. The molecule has 1 aromatic carbocycles. The number of nitro groups is 1. The van der Waals surface area contributed by atoms with E-state index in [9.17, 15) is 15.2 Å². The maximum atomic E-state index is 10.9. The lowest BCUT2D eigenvalue weighted by Crippen LogP contribution is -2.14. The number of benzene rings is 1. The number of phenols is 1.